The molecule has 2 N–H and O–H groups in total. The first-order chi connectivity index (χ1) is 11.1. The number of amides is 1. The first-order valence-electron chi connectivity index (χ1n) is 7.55. The normalized spacial score (nSPS) is 21.8. The summed E-state index contributed by atoms with van der Waals surface area (Å²) in [5.74, 6) is -0.411. The quantitative estimate of drug-likeness (QED) is 0.905. The summed E-state index contributed by atoms with van der Waals surface area (Å²) in [6, 6.07) is 16.1. The Morgan fingerprint density at radius 1 is 1.17 bits per heavy atom. The van der Waals surface area contributed by atoms with Crippen LogP contribution in [0, 0.1) is 0 Å². The van der Waals surface area contributed by atoms with Crippen molar-refractivity contribution in [3.8, 4) is 0 Å². The van der Waals surface area contributed by atoms with Crippen LogP contribution in [0.1, 0.15) is 29.8 Å². The highest BCUT2D eigenvalue weighted by Gasteiger charge is 2.32. The molecule has 1 fully saturated rings. The lowest BCUT2D eigenvalue weighted by atomic mass is 10.0. The number of aliphatic hydroxyl groups is 1. The molecule has 4 nitrogen and oxygen atoms in total. The van der Waals surface area contributed by atoms with Crippen molar-refractivity contribution in [3.05, 3.63) is 70.7 Å². The molecule has 1 saturated heterocycles. The monoisotopic (exact) mass is 331 g/mol. The van der Waals surface area contributed by atoms with E-state index in [0.29, 0.717) is 23.6 Å². The lowest BCUT2D eigenvalue weighted by Crippen LogP contribution is -2.39. The average molecular weight is 332 g/mol. The molecule has 0 radical (unpaired) electrons. The van der Waals surface area contributed by atoms with E-state index in [1.165, 1.54) is 0 Å². The summed E-state index contributed by atoms with van der Waals surface area (Å²) in [5, 5.41) is 13.7. The second-order valence-electron chi connectivity index (χ2n) is 5.56. The topological polar surface area (TPSA) is 58.6 Å². The molecule has 3 unspecified atom stereocenters. The Labute approximate surface area is 140 Å². The van der Waals surface area contributed by atoms with Crippen molar-refractivity contribution in [1.29, 1.82) is 0 Å². The van der Waals surface area contributed by atoms with Gasteiger partial charge in [0, 0.05) is 11.6 Å². The molecule has 5 heteroatoms. The van der Waals surface area contributed by atoms with E-state index >= 15 is 0 Å². The van der Waals surface area contributed by atoms with Crippen LogP contribution in [0.5, 0.6) is 0 Å². The van der Waals surface area contributed by atoms with Gasteiger partial charge >= 0.3 is 0 Å². The molecule has 3 atom stereocenters. The highest BCUT2D eigenvalue weighted by atomic mass is 35.5. The molecule has 0 aromatic heterocycles. The Hall–Kier alpha value is -1.88. The zero-order chi connectivity index (χ0) is 16.2. The Balaban J connectivity index is 1.69. The smallest absolute Gasteiger partial charge is 0.253 e. The number of carbonyl (C=O) groups is 1. The van der Waals surface area contributed by atoms with Crippen LogP contribution in [0.3, 0.4) is 0 Å². The van der Waals surface area contributed by atoms with E-state index < -0.39 is 12.0 Å². The number of benzene rings is 2. The second kappa shape index (κ2) is 7.13. The summed E-state index contributed by atoms with van der Waals surface area (Å²) in [5.41, 5.74) is 1.54. The molecular formula is C18H18ClNO3. The van der Waals surface area contributed by atoms with Gasteiger partial charge in [-0.15, -0.1) is 0 Å². The first kappa shape index (κ1) is 16.0. The number of halogens is 1. The van der Waals surface area contributed by atoms with Gasteiger partial charge in [-0.05, 0) is 29.7 Å². The zero-order valence-corrected chi connectivity index (χ0v) is 13.2. The van der Waals surface area contributed by atoms with Crippen LogP contribution in [0.25, 0.3) is 0 Å². The largest absolute Gasteiger partial charge is 0.378 e. The molecule has 0 aliphatic carbocycles. The fourth-order valence-electron chi connectivity index (χ4n) is 2.77. The van der Waals surface area contributed by atoms with Crippen molar-refractivity contribution in [1.82, 2.24) is 5.32 Å². The van der Waals surface area contributed by atoms with Crippen molar-refractivity contribution in [2.45, 2.75) is 24.7 Å². The van der Waals surface area contributed by atoms with E-state index in [-0.39, 0.29) is 12.1 Å². The van der Waals surface area contributed by atoms with Crippen molar-refractivity contribution in [2.24, 2.45) is 0 Å². The van der Waals surface area contributed by atoms with Gasteiger partial charge in [-0.1, -0.05) is 54.1 Å². The number of rotatable bonds is 4. The average Bonchev–Trinajstić information content (AvgIpc) is 3.03. The van der Waals surface area contributed by atoms with Crippen LogP contribution in [0.2, 0.25) is 5.02 Å². The van der Waals surface area contributed by atoms with Gasteiger partial charge in [0.15, 0.2) is 6.10 Å². The highest BCUT2D eigenvalue weighted by Crippen LogP contribution is 2.30. The van der Waals surface area contributed by atoms with Crippen LogP contribution in [0.15, 0.2) is 54.6 Å². The molecule has 1 aliphatic heterocycles. The van der Waals surface area contributed by atoms with E-state index in [0.717, 1.165) is 5.56 Å². The summed E-state index contributed by atoms with van der Waals surface area (Å²) in [6.07, 6.45) is -0.692. The van der Waals surface area contributed by atoms with Gasteiger partial charge in [0.2, 0.25) is 0 Å². The Kier molecular flexibility index (Phi) is 4.96. The van der Waals surface area contributed by atoms with E-state index in [1.807, 2.05) is 18.2 Å². The summed E-state index contributed by atoms with van der Waals surface area (Å²) < 4.78 is 5.74. The maximum absolute atomic E-state index is 12.3. The summed E-state index contributed by atoms with van der Waals surface area (Å²) in [7, 11) is 0. The number of carbonyl (C=O) groups excluding carboxylic acids is 1. The van der Waals surface area contributed by atoms with Crippen molar-refractivity contribution >= 4 is 17.5 Å². The molecule has 120 valence electrons. The lowest BCUT2D eigenvalue weighted by Gasteiger charge is -2.22. The number of hydrogen-bond donors (Lipinski definition) is 2. The summed E-state index contributed by atoms with van der Waals surface area (Å²) in [6.45, 7) is 0.569. The van der Waals surface area contributed by atoms with Crippen LogP contribution in [-0.2, 0) is 9.53 Å². The van der Waals surface area contributed by atoms with Gasteiger partial charge in [0.1, 0.15) is 6.10 Å². The highest BCUT2D eigenvalue weighted by molar-refractivity contribution is 6.30. The molecular weight excluding hydrogens is 314 g/mol. The molecule has 1 aliphatic rings. The van der Waals surface area contributed by atoms with Gasteiger partial charge in [-0.3, -0.25) is 4.79 Å². The predicted molar refractivity (Wildman–Crippen MR) is 88.1 cm³/mol. The zero-order valence-electron chi connectivity index (χ0n) is 12.5. The molecule has 2 aromatic rings. The molecule has 1 heterocycles. The maximum Gasteiger partial charge on any atom is 0.253 e. The number of hydrogen-bond acceptors (Lipinski definition) is 3. The van der Waals surface area contributed by atoms with Gasteiger partial charge < -0.3 is 15.2 Å². The number of nitrogens with one attached hydrogen (secondary N) is 1. The third kappa shape index (κ3) is 3.72. The minimum Gasteiger partial charge on any atom is -0.378 e. The Morgan fingerprint density at radius 2 is 1.87 bits per heavy atom. The second-order valence-corrected chi connectivity index (χ2v) is 6.00. The lowest BCUT2D eigenvalue weighted by molar-refractivity contribution is -0.130. The van der Waals surface area contributed by atoms with Gasteiger partial charge in [-0.2, -0.15) is 0 Å². The standard InChI is InChI=1S/C18H18ClNO3/c19-14-8-6-13(7-9-14)17-15(10-11-23-17)20-18(22)16(21)12-4-2-1-3-5-12/h1-9,15-17,21H,10-11H2,(H,20,22). The minimum absolute atomic E-state index is 0.165. The number of aliphatic hydroxyl groups excluding tert-OH is 1. The Morgan fingerprint density at radius 3 is 2.57 bits per heavy atom. The summed E-state index contributed by atoms with van der Waals surface area (Å²) in [4.78, 5) is 12.3. The van der Waals surface area contributed by atoms with Crippen molar-refractivity contribution < 1.29 is 14.6 Å². The van der Waals surface area contributed by atoms with E-state index in [9.17, 15) is 9.90 Å². The fraction of sp³-hybridized carbons (Fsp3) is 0.278. The maximum atomic E-state index is 12.3. The molecule has 0 spiro atoms. The third-order valence-corrected chi connectivity index (χ3v) is 4.23. The first-order valence-corrected chi connectivity index (χ1v) is 7.93. The third-order valence-electron chi connectivity index (χ3n) is 3.98. The molecule has 23 heavy (non-hydrogen) atoms. The predicted octanol–water partition coefficient (Wildman–Crippen LogP) is 3.02. The van der Waals surface area contributed by atoms with E-state index in [2.05, 4.69) is 5.32 Å². The molecule has 0 bridgehead atoms. The van der Waals surface area contributed by atoms with Crippen LogP contribution in [0.4, 0.5) is 0 Å². The van der Waals surface area contributed by atoms with E-state index in [4.69, 9.17) is 16.3 Å². The molecule has 0 saturated carbocycles. The SMILES string of the molecule is O=C(NC1CCOC1c1ccc(Cl)cc1)C(O)c1ccccc1. The fourth-order valence-corrected chi connectivity index (χ4v) is 2.89. The van der Waals surface area contributed by atoms with Gasteiger partial charge in [0.05, 0.1) is 6.04 Å². The Bertz CT molecular complexity index is 660. The van der Waals surface area contributed by atoms with Crippen LogP contribution < -0.4 is 5.32 Å². The van der Waals surface area contributed by atoms with Crippen molar-refractivity contribution in [3.63, 3.8) is 0 Å². The van der Waals surface area contributed by atoms with Gasteiger partial charge in [0.25, 0.3) is 5.91 Å². The van der Waals surface area contributed by atoms with Gasteiger partial charge in [-0.25, -0.2) is 0 Å². The molecule has 3 rings (SSSR count). The molecule has 1 amide bonds. The number of ether oxygens (including phenoxy) is 1. The summed E-state index contributed by atoms with van der Waals surface area (Å²) >= 11 is 5.90. The van der Waals surface area contributed by atoms with Crippen LogP contribution in [-0.4, -0.2) is 23.7 Å². The van der Waals surface area contributed by atoms with Crippen molar-refractivity contribution in [2.75, 3.05) is 6.61 Å². The molecule has 2 aromatic carbocycles. The van der Waals surface area contributed by atoms with E-state index in [1.54, 1.807) is 36.4 Å². The minimum atomic E-state index is -1.18. The van der Waals surface area contributed by atoms with Crippen LogP contribution >= 0.6 is 11.6 Å².